The molecule has 1 amide bonds. The second kappa shape index (κ2) is 7.76. The zero-order chi connectivity index (χ0) is 15.1. The van der Waals surface area contributed by atoms with Crippen molar-refractivity contribution in [1.29, 1.82) is 0 Å². The number of carbonyl (C=O) groups is 1. The second-order valence-electron chi connectivity index (χ2n) is 4.63. The molecule has 21 heavy (non-hydrogen) atoms. The third-order valence-corrected chi connectivity index (χ3v) is 3.18. The summed E-state index contributed by atoms with van der Waals surface area (Å²) < 4.78 is 12.7. The van der Waals surface area contributed by atoms with Gasteiger partial charge in [0.2, 0.25) is 5.91 Å². The third kappa shape index (κ3) is 5.53. The molecule has 0 saturated carbocycles. The molecule has 0 aliphatic carbocycles. The van der Waals surface area contributed by atoms with E-state index in [1.807, 2.05) is 12.1 Å². The van der Waals surface area contributed by atoms with E-state index in [-0.39, 0.29) is 18.3 Å². The molecule has 0 aliphatic heterocycles. The topological polar surface area (TPSA) is 41.1 Å². The van der Waals surface area contributed by atoms with Gasteiger partial charge in [-0.1, -0.05) is 35.9 Å². The molecule has 0 atom stereocenters. The summed E-state index contributed by atoms with van der Waals surface area (Å²) in [6.45, 7) is 1.20. The van der Waals surface area contributed by atoms with Crippen molar-refractivity contribution >= 4 is 17.5 Å². The van der Waals surface area contributed by atoms with E-state index in [4.69, 9.17) is 11.6 Å². The van der Waals surface area contributed by atoms with Crippen molar-refractivity contribution in [1.82, 2.24) is 10.6 Å². The van der Waals surface area contributed by atoms with Crippen LogP contribution in [0.15, 0.2) is 48.5 Å². The van der Waals surface area contributed by atoms with Gasteiger partial charge in [-0.2, -0.15) is 0 Å². The minimum Gasteiger partial charge on any atom is -0.351 e. The maximum atomic E-state index is 12.7. The molecule has 0 aliphatic rings. The lowest BCUT2D eigenvalue weighted by atomic mass is 10.2. The van der Waals surface area contributed by atoms with Gasteiger partial charge in [0, 0.05) is 18.1 Å². The summed E-state index contributed by atoms with van der Waals surface area (Å²) in [4.78, 5) is 11.7. The van der Waals surface area contributed by atoms with Crippen LogP contribution in [-0.4, -0.2) is 12.5 Å². The van der Waals surface area contributed by atoms with Gasteiger partial charge in [0.1, 0.15) is 5.82 Å². The average Bonchev–Trinajstić information content (AvgIpc) is 2.49. The Hall–Kier alpha value is -1.91. The Labute approximate surface area is 128 Å². The van der Waals surface area contributed by atoms with Crippen LogP contribution < -0.4 is 10.6 Å². The Morgan fingerprint density at radius 2 is 1.52 bits per heavy atom. The zero-order valence-corrected chi connectivity index (χ0v) is 12.2. The highest BCUT2D eigenvalue weighted by atomic mass is 35.5. The van der Waals surface area contributed by atoms with Gasteiger partial charge in [-0.15, -0.1) is 0 Å². The molecule has 2 aromatic rings. The van der Waals surface area contributed by atoms with Crippen LogP contribution in [0.2, 0.25) is 5.02 Å². The van der Waals surface area contributed by atoms with Crippen LogP contribution in [0, 0.1) is 5.82 Å². The highest BCUT2D eigenvalue weighted by Gasteiger charge is 2.01. The fourth-order valence-corrected chi connectivity index (χ4v) is 1.91. The Kier molecular flexibility index (Phi) is 5.72. The van der Waals surface area contributed by atoms with Crippen molar-refractivity contribution in [3.8, 4) is 0 Å². The molecule has 0 fully saturated rings. The molecule has 2 aromatic carbocycles. The van der Waals surface area contributed by atoms with Crippen LogP contribution in [0.4, 0.5) is 4.39 Å². The summed E-state index contributed by atoms with van der Waals surface area (Å²) in [6.07, 6.45) is 0. The Morgan fingerprint density at radius 1 is 0.952 bits per heavy atom. The first-order valence-electron chi connectivity index (χ1n) is 6.60. The van der Waals surface area contributed by atoms with Gasteiger partial charge in [0.15, 0.2) is 0 Å². The molecule has 5 heteroatoms. The lowest BCUT2D eigenvalue weighted by Crippen LogP contribution is -2.33. The van der Waals surface area contributed by atoms with Crippen LogP contribution in [0.25, 0.3) is 0 Å². The van der Waals surface area contributed by atoms with E-state index < -0.39 is 0 Å². The summed E-state index contributed by atoms with van der Waals surface area (Å²) in [7, 11) is 0. The fraction of sp³-hybridized carbons (Fsp3) is 0.188. The molecule has 0 spiro atoms. The molecule has 3 nitrogen and oxygen atoms in total. The first kappa shape index (κ1) is 15.5. The minimum atomic E-state index is -0.264. The van der Waals surface area contributed by atoms with Crippen molar-refractivity contribution in [2.75, 3.05) is 6.54 Å². The van der Waals surface area contributed by atoms with Crippen LogP contribution in [0.1, 0.15) is 11.1 Å². The van der Waals surface area contributed by atoms with Crippen molar-refractivity contribution < 1.29 is 9.18 Å². The van der Waals surface area contributed by atoms with Gasteiger partial charge in [-0.25, -0.2) is 4.39 Å². The quantitative estimate of drug-likeness (QED) is 0.861. The van der Waals surface area contributed by atoms with E-state index in [1.54, 1.807) is 24.3 Å². The average molecular weight is 307 g/mol. The standard InChI is InChI=1S/C16H16ClFN2O/c17-14-5-1-13(2-6-14)10-20-16(21)11-19-9-12-3-7-15(18)8-4-12/h1-8,19H,9-11H2,(H,20,21). The molecule has 0 heterocycles. The summed E-state index contributed by atoms with van der Waals surface area (Å²) in [5, 5.41) is 6.49. The number of rotatable bonds is 6. The fourth-order valence-electron chi connectivity index (χ4n) is 1.79. The van der Waals surface area contributed by atoms with Crippen molar-refractivity contribution in [2.45, 2.75) is 13.1 Å². The smallest absolute Gasteiger partial charge is 0.234 e. The van der Waals surface area contributed by atoms with E-state index in [1.165, 1.54) is 12.1 Å². The summed E-state index contributed by atoms with van der Waals surface area (Å²) in [6, 6.07) is 13.5. The summed E-state index contributed by atoms with van der Waals surface area (Å²) >= 11 is 5.79. The highest BCUT2D eigenvalue weighted by Crippen LogP contribution is 2.09. The van der Waals surface area contributed by atoms with Gasteiger partial charge in [0.05, 0.1) is 6.54 Å². The van der Waals surface area contributed by atoms with Crippen LogP contribution >= 0.6 is 11.6 Å². The van der Waals surface area contributed by atoms with Crippen LogP contribution in [-0.2, 0) is 17.9 Å². The number of hydrogen-bond acceptors (Lipinski definition) is 2. The van der Waals surface area contributed by atoms with Crippen molar-refractivity contribution in [3.63, 3.8) is 0 Å². The SMILES string of the molecule is O=C(CNCc1ccc(F)cc1)NCc1ccc(Cl)cc1. The molecular weight excluding hydrogens is 291 g/mol. The van der Waals surface area contributed by atoms with Crippen LogP contribution in [0.3, 0.4) is 0 Å². The number of benzene rings is 2. The molecule has 0 aromatic heterocycles. The number of carbonyl (C=O) groups excluding carboxylic acids is 1. The zero-order valence-electron chi connectivity index (χ0n) is 11.4. The first-order chi connectivity index (χ1) is 10.1. The van der Waals surface area contributed by atoms with Gasteiger partial charge in [-0.3, -0.25) is 4.79 Å². The highest BCUT2D eigenvalue weighted by molar-refractivity contribution is 6.30. The lowest BCUT2D eigenvalue weighted by Gasteiger charge is -2.07. The Bertz CT molecular complexity index is 584. The number of hydrogen-bond donors (Lipinski definition) is 2. The van der Waals surface area contributed by atoms with E-state index in [2.05, 4.69) is 10.6 Å². The van der Waals surface area contributed by atoms with Gasteiger partial charge in [0.25, 0.3) is 0 Å². The molecule has 2 rings (SSSR count). The van der Waals surface area contributed by atoms with E-state index >= 15 is 0 Å². The second-order valence-corrected chi connectivity index (χ2v) is 5.07. The maximum Gasteiger partial charge on any atom is 0.234 e. The number of amides is 1. The maximum absolute atomic E-state index is 12.7. The monoisotopic (exact) mass is 306 g/mol. The number of halogens is 2. The van der Waals surface area contributed by atoms with Gasteiger partial charge < -0.3 is 10.6 Å². The predicted octanol–water partition coefficient (Wildman–Crippen LogP) is 2.89. The molecule has 2 N–H and O–H groups in total. The summed E-state index contributed by atoms with van der Waals surface area (Å²) in [5.41, 5.74) is 1.92. The molecule has 0 unspecified atom stereocenters. The molecule has 0 saturated heterocycles. The summed E-state index contributed by atoms with van der Waals surface area (Å²) in [5.74, 6) is -0.355. The molecule has 0 bridgehead atoms. The minimum absolute atomic E-state index is 0.0907. The predicted molar refractivity (Wildman–Crippen MR) is 81.4 cm³/mol. The van der Waals surface area contributed by atoms with Gasteiger partial charge in [-0.05, 0) is 35.4 Å². The first-order valence-corrected chi connectivity index (χ1v) is 6.97. The molecule has 110 valence electrons. The largest absolute Gasteiger partial charge is 0.351 e. The van der Waals surface area contributed by atoms with E-state index in [9.17, 15) is 9.18 Å². The normalized spacial score (nSPS) is 10.4. The van der Waals surface area contributed by atoms with Gasteiger partial charge >= 0.3 is 0 Å². The third-order valence-electron chi connectivity index (χ3n) is 2.93. The Balaban J connectivity index is 1.67. The van der Waals surface area contributed by atoms with Crippen LogP contribution in [0.5, 0.6) is 0 Å². The Morgan fingerprint density at radius 3 is 2.19 bits per heavy atom. The van der Waals surface area contributed by atoms with Crippen molar-refractivity contribution in [3.05, 3.63) is 70.5 Å². The molecular formula is C16H16ClFN2O. The van der Waals surface area contributed by atoms with E-state index in [0.717, 1.165) is 11.1 Å². The van der Waals surface area contributed by atoms with E-state index in [0.29, 0.717) is 18.1 Å². The lowest BCUT2D eigenvalue weighted by molar-refractivity contribution is -0.120. The number of nitrogens with one attached hydrogen (secondary N) is 2. The molecule has 0 radical (unpaired) electrons. The van der Waals surface area contributed by atoms with Crippen molar-refractivity contribution in [2.24, 2.45) is 0 Å².